The summed E-state index contributed by atoms with van der Waals surface area (Å²) in [5.74, 6) is 2.28. The van der Waals surface area contributed by atoms with Crippen LogP contribution >= 0.6 is 0 Å². The molecule has 1 aromatic carbocycles. The summed E-state index contributed by atoms with van der Waals surface area (Å²) >= 11 is 0. The van der Waals surface area contributed by atoms with E-state index in [1.165, 1.54) is 12.8 Å². The average molecular weight is 193 g/mol. The summed E-state index contributed by atoms with van der Waals surface area (Å²) in [6.07, 6.45) is 2.60. The molecule has 0 aliphatic heterocycles. The maximum atomic E-state index is 5.69. The van der Waals surface area contributed by atoms with Crippen LogP contribution in [0.15, 0.2) is 18.2 Å². The second-order valence-corrected chi connectivity index (χ2v) is 3.66. The molecule has 3 heteroatoms. The van der Waals surface area contributed by atoms with Gasteiger partial charge in [0.15, 0.2) is 0 Å². The van der Waals surface area contributed by atoms with E-state index in [1.54, 1.807) is 13.2 Å². The van der Waals surface area contributed by atoms with Gasteiger partial charge in [-0.05, 0) is 30.9 Å². The van der Waals surface area contributed by atoms with Gasteiger partial charge in [0.2, 0.25) is 0 Å². The minimum atomic E-state index is 0.645. The molecule has 0 spiro atoms. The molecular formula is C11H15NO2. The van der Waals surface area contributed by atoms with Gasteiger partial charge in [0.05, 0.1) is 19.4 Å². The van der Waals surface area contributed by atoms with Crippen LogP contribution in [0.3, 0.4) is 0 Å². The average Bonchev–Trinajstić information content (AvgIpc) is 3.00. The van der Waals surface area contributed by atoms with E-state index in [4.69, 9.17) is 15.2 Å². The van der Waals surface area contributed by atoms with Crippen LogP contribution in [0.5, 0.6) is 11.5 Å². The zero-order chi connectivity index (χ0) is 9.97. The van der Waals surface area contributed by atoms with E-state index in [0.29, 0.717) is 11.4 Å². The number of methoxy groups -OCH3 is 1. The predicted octanol–water partition coefficient (Wildman–Crippen LogP) is 2.07. The van der Waals surface area contributed by atoms with Crippen molar-refractivity contribution in [1.29, 1.82) is 0 Å². The number of rotatable bonds is 4. The van der Waals surface area contributed by atoms with E-state index >= 15 is 0 Å². The lowest BCUT2D eigenvalue weighted by Crippen LogP contribution is -2.00. The van der Waals surface area contributed by atoms with Gasteiger partial charge in [0, 0.05) is 6.07 Å². The van der Waals surface area contributed by atoms with Gasteiger partial charge in [-0.25, -0.2) is 0 Å². The molecule has 1 fully saturated rings. The highest BCUT2D eigenvalue weighted by atomic mass is 16.5. The van der Waals surface area contributed by atoms with E-state index in [2.05, 4.69) is 0 Å². The number of hydrogen-bond acceptors (Lipinski definition) is 3. The highest BCUT2D eigenvalue weighted by Gasteiger charge is 2.21. The monoisotopic (exact) mass is 193 g/mol. The van der Waals surface area contributed by atoms with E-state index in [1.807, 2.05) is 12.1 Å². The first-order chi connectivity index (χ1) is 6.79. The molecule has 0 saturated heterocycles. The number of nitrogen functional groups attached to an aromatic ring is 1. The van der Waals surface area contributed by atoms with Crippen molar-refractivity contribution in [1.82, 2.24) is 0 Å². The van der Waals surface area contributed by atoms with Crippen LogP contribution in [0, 0.1) is 5.92 Å². The number of anilines is 1. The first-order valence-corrected chi connectivity index (χ1v) is 4.86. The Morgan fingerprint density at radius 1 is 1.43 bits per heavy atom. The Morgan fingerprint density at radius 2 is 2.21 bits per heavy atom. The molecule has 1 aromatic rings. The molecule has 0 amide bonds. The molecule has 1 aliphatic rings. The summed E-state index contributed by atoms with van der Waals surface area (Å²) in [5, 5.41) is 0. The summed E-state index contributed by atoms with van der Waals surface area (Å²) in [6, 6.07) is 5.51. The molecule has 76 valence electrons. The molecule has 1 saturated carbocycles. The Bertz CT molecular complexity index is 321. The number of ether oxygens (including phenoxy) is 2. The van der Waals surface area contributed by atoms with Gasteiger partial charge in [-0.2, -0.15) is 0 Å². The van der Waals surface area contributed by atoms with Crippen molar-refractivity contribution in [2.45, 2.75) is 12.8 Å². The van der Waals surface area contributed by atoms with Crippen molar-refractivity contribution in [2.75, 3.05) is 19.5 Å². The van der Waals surface area contributed by atoms with Crippen LogP contribution in [0.2, 0.25) is 0 Å². The maximum absolute atomic E-state index is 5.69. The lowest BCUT2D eigenvalue weighted by atomic mass is 10.3. The van der Waals surface area contributed by atoms with Crippen LogP contribution in [0.4, 0.5) is 5.69 Å². The van der Waals surface area contributed by atoms with Crippen molar-refractivity contribution >= 4 is 5.69 Å². The quantitative estimate of drug-likeness (QED) is 0.744. The highest BCUT2D eigenvalue weighted by Crippen LogP contribution is 2.31. The van der Waals surface area contributed by atoms with Gasteiger partial charge >= 0.3 is 0 Å². The van der Waals surface area contributed by atoms with Crippen LogP contribution in [-0.4, -0.2) is 13.7 Å². The SMILES string of the molecule is COc1cc(OCC2CC2)ccc1N. The van der Waals surface area contributed by atoms with Crippen molar-refractivity contribution in [2.24, 2.45) is 5.92 Å². The normalized spacial score (nSPS) is 15.2. The molecule has 0 aromatic heterocycles. The standard InChI is InChI=1S/C11H15NO2/c1-13-11-6-9(4-5-10(11)12)14-7-8-2-3-8/h4-6,8H,2-3,7,12H2,1H3. The third-order valence-electron chi connectivity index (χ3n) is 2.39. The van der Waals surface area contributed by atoms with Crippen molar-refractivity contribution in [3.8, 4) is 11.5 Å². The van der Waals surface area contributed by atoms with Crippen LogP contribution in [0.25, 0.3) is 0 Å². The Balaban J connectivity index is 2.01. The van der Waals surface area contributed by atoms with Crippen molar-refractivity contribution < 1.29 is 9.47 Å². The summed E-state index contributed by atoms with van der Waals surface area (Å²) in [5.41, 5.74) is 6.33. The summed E-state index contributed by atoms with van der Waals surface area (Å²) < 4.78 is 10.7. The molecule has 0 heterocycles. The number of nitrogens with two attached hydrogens (primary N) is 1. The van der Waals surface area contributed by atoms with Crippen LogP contribution in [-0.2, 0) is 0 Å². The fourth-order valence-corrected chi connectivity index (χ4v) is 1.28. The topological polar surface area (TPSA) is 44.5 Å². The summed E-state index contributed by atoms with van der Waals surface area (Å²) in [4.78, 5) is 0. The third-order valence-corrected chi connectivity index (χ3v) is 2.39. The fraction of sp³-hybridized carbons (Fsp3) is 0.455. The zero-order valence-electron chi connectivity index (χ0n) is 8.32. The van der Waals surface area contributed by atoms with E-state index in [9.17, 15) is 0 Å². The van der Waals surface area contributed by atoms with Gasteiger partial charge in [-0.3, -0.25) is 0 Å². The van der Waals surface area contributed by atoms with Gasteiger partial charge < -0.3 is 15.2 Å². The number of hydrogen-bond donors (Lipinski definition) is 1. The lowest BCUT2D eigenvalue weighted by Gasteiger charge is -2.08. The molecule has 1 aliphatic carbocycles. The van der Waals surface area contributed by atoms with Gasteiger partial charge in [0.25, 0.3) is 0 Å². The first-order valence-electron chi connectivity index (χ1n) is 4.86. The lowest BCUT2D eigenvalue weighted by molar-refractivity contribution is 0.297. The molecule has 0 radical (unpaired) electrons. The molecule has 0 bridgehead atoms. The fourth-order valence-electron chi connectivity index (χ4n) is 1.28. The Kier molecular flexibility index (Phi) is 2.48. The van der Waals surface area contributed by atoms with Crippen LogP contribution in [0.1, 0.15) is 12.8 Å². The zero-order valence-corrected chi connectivity index (χ0v) is 8.32. The molecule has 2 N–H and O–H groups in total. The Hall–Kier alpha value is -1.38. The maximum Gasteiger partial charge on any atom is 0.145 e. The molecule has 3 nitrogen and oxygen atoms in total. The van der Waals surface area contributed by atoms with E-state index < -0.39 is 0 Å². The van der Waals surface area contributed by atoms with Crippen molar-refractivity contribution in [3.05, 3.63) is 18.2 Å². The van der Waals surface area contributed by atoms with Gasteiger partial charge in [-0.1, -0.05) is 0 Å². The molecule has 14 heavy (non-hydrogen) atoms. The summed E-state index contributed by atoms with van der Waals surface area (Å²) in [6.45, 7) is 0.813. The highest BCUT2D eigenvalue weighted by molar-refractivity contribution is 5.55. The molecular weight excluding hydrogens is 178 g/mol. The van der Waals surface area contributed by atoms with Crippen LogP contribution < -0.4 is 15.2 Å². The first kappa shape index (κ1) is 9.19. The molecule has 2 rings (SSSR count). The third kappa shape index (κ3) is 2.10. The number of benzene rings is 1. The largest absolute Gasteiger partial charge is 0.494 e. The van der Waals surface area contributed by atoms with Crippen molar-refractivity contribution in [3.63, 3.8) is 0 Å². The van der Waals surface area contributed by atoms with E-state index in [0.717, 1.165) is 18.3 Å². The second-order valence-electron chi connectivity index (χ2n) is 3.66. The summed E-state index contributed by atoms with van der Waals surface area (Å²) in [7, 11) is 1.61. The molecule has 0 unspecified atom stereocenters. The smallest absolute Gasteiger partial charge is 0.145 e. The molecule has 0 atom stereocenters. The van der Waals surface area contributed by atoms with Gasteiger partial charge in [0.1, 0.15) is 11.5 Å². The predicted molar refractivity (Wildman–Crippen MR) is 55.6 cm³/mol. The van der Waals surface area contributed by atoms with Gasteiger partial charge in [-0.15, -0.1) is 0 Å². The minimum absolute atomic E-state index is 0.645. The minimum Gasteiger partial charge on any atom is -0.494 e. The Morgan fingerprint density at radius 3 is 2.86 bits per heavy atom. The Labute approximate surface area is 83.8 Å². The second kappa shape index (κ2) is 3.78. The van der Waals surface area contributed by atoms with E-state index in [-0.39, 0.29) is 0 Å².